The van der Waals surface area contributed by atoms with Crippen molar-refractivity contribution in [2.45, 2.75) is 68.9 Å². The molecule has 2 unspecified atom stereocenters. The van der Waals surface area contributed by atoms with Gasteiger partial charge in [0.25, 0.3) is 5.91 Å². The lowest BCUT2D eigenvalue weighted by molar-refractivity contribution is -0.0331. The number of aliphatic hydroxyl groups excluding tert-OH is 1. The number of rotatable bonds is 6. The van der Waals surface area contributed by atoms with Gasteiger partial charge in [0, 0.05) is 55.2 Å². The van der Waals surface area contributed by atoms with Crippen molar-refractivity contribution < 1.29 is 23.1 Å². The smallest absolute Gasteiger partial charge is 0.254 e. The standard InChI is InChI=1S/C33H31F3N4O2/c1-39-27-11-26(29-21(17-5-6-17)3-2-4-22(29)32(39)42)40-25-10-18(7-8-24(25)38-31(27)40)19-9-23(34)30(37-15-19)20-12-33(13-20,16-41)14-28(35)36/h2-4,7-10,15,17,20,26-28,41H,5-6,11-14,16H2,1H3. The summed E-state index contributed by atoms with van der Waals surface area (Å²) in [5.74, 6) is 0.659. The summed E-state index contributed by atoms with van der Waals surface area (Å²) >= 11 is 0. The number of imidazole rings is 1. The number of hydrogen-bond donors (Lipinski definition) is 1. The highest BCUT2D eigenvalue weighted by Crippen LogP contribution is 2.55. The zero-order valence-corrected chi connectivity index (χ0v) is 23.2. The Kier molecular flexibility index (Phi) is 5.65. The summed E-state index contributed by atoms with van der Waals surface area (Å²) in [6.45, 7) is -0.332. The molecule has 1 amide bonds. The van der Waals surface area contributed by atoms with Crippen molar-refractivity contribution >= 4 is 16.9 Å². The van der Waals surface area contributed by atoms with Gasteiger partial charge in [0.05, 0.1) is 28.8 Å². The number of carbonyl (C=O) groups is 1. The van der Waals surface area contributed by atoms with Gasteiger partial charge in [-0.15, -0.1) is 0 Å². The van der Waals surface area contributed by atoms with Crippen LogP contribution in [0, 0.1) is 11.2 Å². The number of amides is 1. The monoisotopic (exact) mass is 572 g/mol. The minimum Gasteiger partial charge on any atom is -0.396 e. The molecule has 1 N–H and O–H groups in total. The lowest BCUT2D eigenvalue weighted by Crippen LogP contribution is -2.41. The number of pyridine rings is 1. The first kappa shape index (κ1) is 25.9. The molecule has 2 aromatic heterocycles. The highest BCUT2D eigenvalue weighted by molar-refractivity contribution is 5.97. The van der Waals surface area contributed by atoms with Crippen LogP contribution in [0.25, 0.3) is 22.2 Å². The molecule has 0 saturated heterocycles. The van der Waals surface area contributed by atoms with Gasteiger partial charge < -0.3 is 14.6 Å². The number of aliphatic hydroxyl groups is 1. The van der Waals surface area contributed by atoms with Crippen LogP contribution in [0.3, 0.4) is 0 Å². The van der Waals surface area contributed by atoms with Crippen molar-refractivity contribution in [3.05, 3.63) is 82.7 Å². The first-order valence-corrected chi connectivity index (χ1v) is 14.7. The predicted molar refractivity (Wildman–Crippen MR) is 151 cm³/mol. The van der Waals surface area contributed by atoms with Gasteiger partial charge in [-0.1, -0.05) is 18.2 Å². The zero-order chi connectivity index (χ0) is 28.9. The molecular weight excluding hydrogens is 541 g/mol. The molecule has 0 spiro atoms. The van der Waals surface area contributed by atoms with Crippen LogP contribution in [0.1, 0.15) is 95.4 Å². The van der Waals surface area contributed by atoms with Crippen LogP contribution in [-0.2, 0) is 0 Å². The van der Waals surface area contributed by atoms with Crippen LogP contribution in [-0.4, -0.2) is 50.5 Å². The highest BCUT2D eigenvalue weighted by Gasteiger charge is 2.48. The molecule has 0 radical (unpaired) electrons. The number of fused-ring (bicyclic) bond motifs is 9. The summed E-state index contributed by atoms with van der Waals surface area (Å²) in [4.78, 5) is 24.8. The van der Waals surface area contributed by atoms with E-state index in [-0.39, 0.29) is 42.6 Å². The second-order valence-electron chi connectivity index (χ2n) is 12.8. The number of aromatic nitrogens is 3. The van der Waals surface area contributed by atoms with E-state index in [1.165, 1.54) is 11.6 Å². The quantitative estimate of drug-likeness (QED) is 0.278. The molecule has 2 saturated carbocycles. The Morgan fingerprint density at radius 2 is 1.88 bits per heavy atom. The van der Waals surface area contributed by atoms with E-state index >= 15 is 4.39 Å². The first-order chi connectivity index (χ1) is 20.3. The van der Waals surface area contributed by atoms with Crippen LogP contribution in [0.15, 0.2) is 48.7 Å². The predicted octanol–water partition coefficient (Wildman–Crippen LogP) is 6.75. The van der Waals surface area contributed by atoms with E-state index in [2.05, 4.69) is 15.6 Å². The second kappa shape index (κ2) is 9.14. The van der Waals surface area contributed by atoms with E-state index in [1.807, 2.05) is 42.3 Å². The molecule has 2 aliphatic carbocycles. The average molecular weight is 573 g/mol. The summed E-state index contributed by atoms with van der Waals surface area (Å²) in [6.07, 6.45) is 2.41. The normalized spacial score (nSPS) is 26.4. The van der Waals surface area contributed by atoms with Crippen molar-refractivity contribution in [1.82, 2.24) is 19.4 Å². The fraction of sp³-hybridized carbons (Fsp3) is 0.424. The van der Waals surface area contributed by atoms with Gasteiger partial charge in [0.1, 0.15) is 11.6 Å². The fourth-order valence-electron chi connectivity index (χ4n) is 7.85. The van der Waals surface area contributed by atoms with E-state index in [1.54, 1.807) is 6.20 Å². The van der Waals surface area contributed by atoms with Crippen molar-refractivity contribution in [2.75, 3.05) is 13.7 Å². The topological polar surface area (TPSA) is 71.2 Å². The van der Waals surface area contributed by atoms with Crippen LogP contribution in [0.2, 0.25) is 0 Å². The maximum absolute atomic E-state index is 15.4. The molecule has 2 bridgehead atoms. The van der Waals surface area contributed by atoms with E-state index in [9.17, 15) is 18.7 Å². The molecule has 2 aromatic carbocycles. The summed E-state index contributed by atoms with van der Waals surface area (Å²) < 4.78 is 43.6. The van der Waals surface area contributed by atoms with Crippen molar-refractivity contribution in [1.29, 1.82) is 0 Å². The number of alkyl halides is 2. The van der Waals surface area contributed by atoms with Gasteiger partial charge in [-0.3, -0.25) is 9.78 Å². The first-order valence-electron chi connectivity index (χ1n) is 14.7. The number of halogens is 3. The van der Waals surface area contributed by atoms with Crippen molar-refractivity contribution in [3.63, 3.8) is 0 Å². The fourth-order valence-corrected chi connectivity index (χ4v) is 7.85. The lowest BCUT2D eigenvalue weighted by atomic mass is 9.59. The molecule has 9 heteroatoms. The second-order valence-corrected chi connectivity index (χ2v) is 12.8. The third-order valence-corrected chi connectivity index (χ3v) is 10.2. The van der Waals surface area contributed by atoms with E-state index in [0.717, 1.165) is 52.8 Å². The summed E-state index contributed by atoms with van der Waals surface area (Å²) in [5, 5.41) is 9.67. The van der Waals surface area contributed by atoms with Crippen molar-refractivity contribution in [3.8, 4) is 11.1 Å². The Labute approximate surface area is 241 Å². The average Bonchev–Trinajstić information content (AvgIpc) is 3.67. The van der Waals surface area contributed by atoms with Gasteiger partial charge in [0.15, 0.2) is 0 Å². The molecule has 216 valence electrons. The lowest BCUT2D eigenvalue weighted by Gasteiger charge is -2.46. The molecule has 4 heterocycles. The molecule has 6 nitrogen and oxygen atoms in total. The Morgan fingerprint density at radius 1 is 1.07 bits per heavy atom. The van der Waals surface area contributed by atoms with Gasteiger partial charge in [0.2, 0.25) is 6.43 Å². The Morgan fingerprint density at radius 3 is 2.60 bits per heavy atom. The molecule has 2 atom stereocenters. The largest absolute Gasteiger partial charge is 0.396 e. The third kappa shape index (κ3) is 3.78. The molecule has 42 heavy (non-hydrogen) atoms. The van der Waals surface area contributed by atoms with Crippen LogP contribution in [0.4, 0.5) is 13.2 Å². The molecule has 2 aliphatic heterocycles. The van der Waals surface area contributed by atoms with Gasteiger partial charge in [-0.05, 0) is 72.6 Å². The molecule has 2 fully saturated rings. The molecular formula is C33H31F3N4O2. The van der Waals surface area contributed by atoms with Gasteiger partial charge >= 0.3 is 0 Å². The number of hydrogen-bond acceptors (Lipinski definition) is 4. The Bertz CT molecular complexity index is 1760. The SMILES string of the molecule is CN1C(=O)c2cccc(C3CC3)c2C2CC1c1nc3ccc(-c4cnc(C5CC(CO)(CC(F)F)C5)c(F)c4)cc3n12. The van der Waals surface area contributed by atoms with Crippen LogP contribution >= 0.6 is 0 Å². The summed E-state index contributed by atoms with van der Waals surface area (Å²) in [6, 6.07) is 13.3. The van der Waals surface area contributed by atoms with Crippen molar-refractivity contribution in [2.24, 2.45) is 5.41 Å². The number of nitrogens with zero attached hydrogens (tertiary/aromatic N) is 4. The zero-order valence-electron chi connectivity index (χ0n) is 23.2. The van der Waals surface area contributed by atoms with E-state index in [4.69, 9.17) is 4.98 Å². The molecule has 4 aliphatic rings. The maximum atomic E-state index is 15.4. The Hall–Kier alpha value is -3.72. The van der Waals surface area contributed by atoms with Crippen LogP contribution < -0.4 is 0 Å². The Balaban J connectivity index is 1.17. The third-order valence-electron chi connectivity index (χ3n) is 10.2. The van der Waals surface area contributed by atoms with Gasteiger partial charge in [-0.25, -0.2) is 18.2 Å². The molecule has 8 rings (SSSR count). The minimum absolute atomic E-state index is 0.0122. The summed E-state index contributed by atoms with van der Waals surface area (Å²) in [7, 11) is 1.86. The number of benzene rings is 2. The highest BCUT2D eigenvalue weighted by atomic mass is 19.3. The number of carbonyl (C=O) groups excluding carboxylic acids is 1. The van der Waals surface area contributed by atoms with Crippen LogP contribution in [0.5, 0.6) is 0 Å². The minimum atomic E-state index is -2.50. The van der Waals surface area contributed by atoms with E-state index in [0.29, 0.717) is 24.3 Å². The molecule has 4 aromatic rings. The van der Waals surface area contributed by atoms with Gasteiger partial charge in [-0.2, -0.15) is 0 Å². The summed E-state index contributed by atoms with van der Waals surface area (Å²) in [5.41, 5.74) is 5.77. The maximum Gasteiger partial charge on any atom is 0.254 e. The van der Waals surface area contributed by atoms with E-state index < -0.39 is 17.7 Å².